The molecular formula is C23H22N4S. The van der Waals surface area contributed by atoms with Crippen LogP contribution in [0.4, 0.5) is 16.5 Å². The second-order valence-corrected chi connectivity index (χ2v) is 7.47. The van der Waals surface area contributed by atoms with Gasteiger partial charge in [0.15, 0.2) is 5.13 Å². The minimum Gasteiger partial charge on any atom is -0.374 e. The van der Waals surface area contributed by atoms with Gasteiger partial charge in [-0.25, -0.2) is 4.98 Å². The van der Waals surface area contributed by atoms with E-state index in [4.69, 9.17) is 0 Å². The molecule has 0 atom stereocenters. The average Bonchev–Trinajstić information content (AvgIpc) is 3.23. The van der Waals surface area contributed by atoms with Gasteiger partial charge in [0.25, 0.3) is 0 Å². The Labute approximate surface area is 169 Å². The van der Waals surface area contributed by atoms with E-state index in [0.29, 0.717) is 0 Å². The van der Waals surface area contributed by atoms with E-state index < -0.39 is 0 Å². The summed E-state index contributed by atoms with van der Waals surface area (Å²) >= 11 is 1.60. The van der Waals surface area contributed by atoms with Gasteiger partial charge < -0.3 is 10.2 Å². The van der Waals surface area contributed by atoms with Crippen LogP contribution in [0.5, 0.6) is 0 Å². The third kappa shape index (κ3) is 4.56. The summed E-state index contributed by atoms with van der Waals surface area (Å²) in [5, 5.41) is 6.32. The number of anilines is 3. The van der Waals surface area contributed by atoms with Crippen molar-refractivity contribution in [3.63, 3.8) is 0 Å². The maximum absolute atomic E-state index is 4.65. The van der Waals surface area contributed by atoms with E-state index >= 15 is 0 Å². The molecule has 0 aliphatic heterocycles. The number of nitrogens with one attached hydrogen (secondary N) is 1. The van der Waals surface area contributed by atoms with Gasteiger partial charge >= 0.3 is 0 Å². The first kappa shape index (κ1) is 18.2. The van der Waals surface area contributed by atoms with Gasteiger partial charge in [0.05, 0.1) is 5.69 Å². The highest BCUT2D eigenvalue weighted by Crippen LogP contribution is 2.26. The Morgan fingerprint density at radius 1 is 0.964 bits per heavy atom. The molecule has 2 aromatic heterocycles. The van der Waals surface area contributed by atoms with Crippen LogP contribution in [0.2, 0.25) is 0 Å². The third-order valence-electron chi connectivity index (χ3n) is 4.60. The minimum absolute atomic E-state index is 0.885. The van der Waals surface area contributed by atoms with E-state index in [1.807, 2.05) is 29.8 Å². The Morgan fingerprint density at radius 3 is 2.54 bits per heavy atom. The number of hydrogen-bond donors (Lipinski definition) is 1. The predicted molar refractivity (Wildman–Crippen MR) is 118 cm³/mol. The lowest BCUT2D eigenvalue weighted by molar-refractivity contribution is 0.877. The molecule has 5 heteroatoms. The highest BCUT2D eigenvalue weighted by atomic mass is 32.1. The second kappa shape index (κ2) is 8.67. The highest BCUT2D eigenvalue weighted by Gasteiger charge is 2.05. The monoisotopic (exact) mass is 386 g/mol. The summed E-state index contributed by atoms with van der Waals surface area (Å²) in [6.07, 6.45) is 4.61. The van der Waals surface area contributed by atoms with E-state index in [2.05, 4.69) is 75.8 Å². The van der Waals surface area contributed by atoms with Crippen molar-refractivity contribution in [3.05, 3.63) is 90.1 Å². The van der Waals surface area contributed by atoms with Crippen molar-refractivity contribution in [2.24, 2.45) is 0 Å². The topological polar surface area (TPSA) is 41.0 Å². The molecule has 0 saturated carbocycles. The predicted octanol–water partition coefficient (Wildman–Crippen LogP) is 5.63. The van der Waals surface area contributed by atoms with Gasteiger partial charge in [-0.05, 0) is 48.4 Å². The van der Waals surface area contributed by atoms with Crippen LogP contribution in [0.1, 0.15) is 5.56 Å². The lowest BCUT2D eigenvalue weighted by atomic mass is 10.1. The lowest BCUT2D eigenvalue weighted by Crippen LogP contribution is -2.20. The lowest BCUT2D eigenvalue weighted by Gasteiger charge is -2.19. The summed E-state index contributed by atoms with van der Waals surface area (Å²) in [4.78, 5) is 11.1. The van der Waals surface area contributed by atoms with Gasteiger partial charge in [-0.2, -0.15) is 0 Å². The maximum Gasteiger partial charge on any atom is 0.187 e. The Hall–Kier alpha value is -3.18. The number of rotatable bonds is 7. The quantitative estimate of drug-likeness (QED) is 0.447. The number of para-hydroxylation sites is 1. The summed E-state index contributed by atoms with van der Waals surface area (Å²) in [7, 11) is 2.13. The number of likely N-dealkylation sites (N-methyl/N-ethyl adjacent to an activating group) is 1. The van der Waals surface area contributed by atoms with E-state index in [9.17, 15) is 0 Å². The van der Waals surface area contributed by atoms with Crippen molar-refractivity contribution in [3.8, 4) is 11.3 Å². The molecule has 0 unspecified atom stereocenters. The van der Waals surface area contributed by atoms with Gasteiger partial charge in [0.2, 0.25) is 0 Å². The van der Waals surface area contributed by atoms with Gasteiger partial charge in [-0.3, -0.25) is 4.98 Å². The zero-order valence-electron chi connectivity index (χ0n) is 15.7. The van der Waals surface area contributed by atoms with Crippen LogP contribution in [-0.4, -0.2) is 23.6 Å². The Bertz CT molecular complexity index is 998. The third-order valence-corrected chi connectivity index (χ3v) is 5.36. The number of benzene rings is 2. The Morgan fingerprint density at radius 2 is 1.79 bits per heavy atom. The van der Waals surface area contributed by atoms with Crippen molar-refractivity contribution in [2.75, 3.05) is 23.8 Å². The van der Waals surface area contributed by atoms with Crippen LogP contribution in [-0.2, 0) is 6.42 Å². The van der Waals surface area contributed by atoms with Gasteiger partial charge in [-0.15, -0.1) is 11.3 Å². The number of hydrogen-bond acceptors (Lipinski definition) is 5. The first-order chi connectivity index (χ1) is 13.8. The molecule has 2 heterocycles. The van der Waals surface area contributed by atoms with Crippen molar-refractivity contribution < 1.29 is 0 Å². The molecule has 0 amide bonds. The summed E-state index contributed by atoms with van der Waals surface area (Å²) < 4.78 is 0. The van der Waals surface area contributed by atoms with Crippen molar-refractivity contribution in [2.45, 2.75) is 6.42 Å². The Balaban J connectivity index is 1.34. The van der Waals surface area contributed by atoms with Crippen LogP contribution in [0, 0.1) is 0 Å². The average molecular weight is 387 g/mol. The molecule has 0 bridgehead atoms. The summed E-state index contributed by atoms with van der Waals surface area (Å²) in [5.74, 6) is 0. The normalized spacial score (nSPS) is 10.6. The smallest absolute Gasteiger partial charge is 0.187 e. The van der Waals surface area contributed by atoms with Crippen LogP contribution in [0.15, 0.2) is 84.5 Å². The molecule has 1 N–H and O–H groups in total. The molecule has 0 radical (unpaired) electrons. The number of thiazole rings is 1. The fourth-order valence-electron chi connectivity index (χ4n) is 2.96. The summed E-state index contributed by atoms with van der Waals surface area (Å²) in [5.41, 5.74) is 5.59. The fraction of sp³-hybridized carbons (Fsp3) is 0.130. The largest absolute Gasteiger partial charge is 0.374 e. The molecule has 0 spiro atoms. The Kier molecular flexibility index (Phi) is 5.64. The SMILES string of the molecule is CN(CCc1ccc(Nc2nc(-c3cccnc3)cs2)cc1)c1ccccc1. The number of aromatic nitrogens is 2. The molecule has 2 aromatic carbocycles. The van der Waals surface area contributed by atoms with E-state index in [1.165, 1.54) is 11.3 Å². The minimum atomic E-state index is 0.885. The molecule has 4 aromatic rings. The molecule has 4 rings (SSSR count). The fourth-order valence-corrected chi connectivity index (χ4v) is 3.70. The second-order valence-electron chi connectivity index (χ2n) is 6.61. The number of pyridine rings is 1. The molecule has 4 nitrogen and oxygen atoms in total. The van der Waals surface area contributed by atoms with Crippen molar-refractivity contribution in [1.82, 2.24) is 9.97 Å². The van der Waals surface area contributed by atoms with Gasteiger partial charge in [0, 0.05) is 48.3 Å². The van der Waals surface area contributed by atoms with Gasteiger partial charge in [0.1, 0.15) is 0 Å². The van der Waals surface area contributed by atoms with Crippen molar-refractivity contribution >= 4 is 27.8 Å². The molecule has 0 aliphatic rings. The highest BCUT2D eigenvalue weighted by molar-refractivity contribution is 7.14. The van der Waals surface area contributed by atoms with Crippen molar-refractivity contribution in [1.29, 1.82) is 0 Å². The molecule has 140 valence electrons. The van der Waals surface area contributed by atoms with E-state index in [1.54, 1.807) is 17.5 Å². The van der Waals surface area contributed by atoms with Crippen LogP contribution in [0.25, 0.3) is 11.3 Å². The first-order valence-corrected chi connectivity index (χ1v) is 10.1. The van der Waals surface area contributed by atoms with Crippen LogP contribution in [0.3, 0.4) is 0 Å². The zero-order chi connectivity index (χ0) is 19.2. The standard InChI is InChI=1S/C23H22N4S/c1-27(21-7-3-2-4-8-21)15-13-18-9-11-20(12-10-18)25-23-26-22(17-28-23)19-6-5-14-24-16-19/h2-12,14,16-17H,13,15H2,1H3,(H,25,26). The molecule has 0 saturated heterocycles. The summed E-state index contributed by atoms with van der Waals surface area (Å²) in [6.45, 7) is 0.984. The van der Waals surface area contributed by atoms with Crippen LogP contribution < -0.4 is 10.2 Å². The first-order valence-electron chi connectivity index (χ1n) is 9.26. The molecule has 28 heavy (non-hydrogen) atoms. The summed E-state index contributed by atoms with van der Waals surface area (Å²) in [6, 6.07) is 23.0. The maximum atomic E-state index is 4.65. The van der Waals surface area contributed by atoms with E-state index in [0.717, 1.165) is 35.0 Å². The molecular weight excluding hydrogens is 364 g/mol. The molecule has 0 fully saturated rings. The van der Waals surface area contributed by atoms with E-state index in [-0.39, 0.29) is 0 Å². The van der Waals surface area contributed by atoms with Crippen LogP contribution >= 0.6 is 11.3 Å². The number of nitrogens with zero attached hydrogens (tertiary/aromatic N) is 3. The molecule has 0 aliphatic carbocycles. The van der Waals surface area contributed by atoms with Gasteiger partial charge in [-0.1, -0.05) is 30.3 Å². The zero-order valence-corrected chi connectivity index (χ0v) is 16.6.